The maximum absolute atomic E-state index is 8.88. The van der Waals surface area contributed by atoms with Gasteiger partial charge in [-0.25, -0.2) is 4.57 Å². The van der Waals surface area contributed by atoms with E-state index in [1.807, 2.05) is 17.7 Å². The van der Waals surface area contributed by atoms with Crippen LogP contribution >= 0.6 is 7.82 Å². The van der Waals surface area contributed by atoms with Crippen LogP contribution in [0.2, 0.25) is 0 Å². The normalized spacial score (nSPS) is 9.12. The van der Waals surface area contributed by atoms with Crippen molar-refractivity contribution in [1.29, 1.82) is 0 Å². The van der Waals surface area contributed by atoms with Crippen LogP contribution < -0.4 is 0 Å². The molecule has 0 saturated carbocycles. The Hall–Kier alpha value is 0.447. The van der Waals surface area contributed by atoms with E-state index >= 15 is 0 Å². The zero-order valence-corrected chi connectivity index (χ0v) is 5.38. The van der Waals surface area contributed by atoms with Crippen LogP contribution in [-0.2, 0) is 4.57 Å². The van der Waals surface area contributed by atoms with Crippen LogP contribution in [0.5, 0.6) is 0 Å². The molecule has 6 heteroatoms. The first-order valence-electron chi connectivity index (χ1n) is 1.77. The van der Waals surface area contributed by atoms with E-state index in [-0.39, 0.29) is 0 Å². The van der Waals surface area contributed by atoms with Gasteiger partial charge in [-0.15, -0.1) is 0 Å². The van der Waals surface area contributed by atoms with E-state index in [4.69, 9.17) is 19.2 Å². The topological polar surface area (TPSA) is 77.8 Å². The summed E-state index contributed by atoms with van der Waals surface area (Å²) in [6.45, 7) is 3.36. The number of rotatable bonds is 0. The first-order valence-corrected chi connectivity index (χ1v) is 3.33. The van der Waals surface area contributed by atoms with Crippen LogP contribution in [0.25, 0.3) is 0 Å². The Morgan fingerprint density at radius 2 is 1.50 bits per heavy atom. The van der Waals surface area contributed by atoms with Crippen molar-refractivity contribution in [3.8, 4) is 0 Å². The van der Waals surface area contributed by atoms with E-state index in [1.54, 1.807) is 4.75 Å². The molecule has 0 unspecified atom stereocenters. The molecule has 0 aromatic carbocycles. The van der Waals surface area contributed by atoms with Crippen molar-refractivity contribution in [3.05, 3.63) is 11.3 Å². The molecule has 8 heavy (non-hydrogen) atoms. The van der Waals surface area contributed by atoms with Crippen LogP contribution in [0.4, 0.5) is 0 Å². The second kappa shape index (κ2) is 5.58. The molecule has 0 aliphatic heterocycles. The Kier molecular flexibility index (Phi) is 7.86. The quantitative estimate of drug-likeness (QED) is 0.303. The minimum absolute atomic E-state index is 1.75. The summed E-state index contributed by atoms with van der Waals surface area (Å²) in [5, 5.41) is 0. The van der Waals surface area contributed by atoms with Gasteiger partial charge < -0.3 is 14.7 Å². The van der Waals surface area contributed by atoms with Crippen molar-refractivity contribution in [3.63, 3.8) is 0 Å². The van der Waals surface area contributed by atoms with Crippen molar-refractivity contribution in [2.24, 2.45) is 0 Å². The molecule has 0 aliphatic rings. The molecule has 0 amide bonds. The third kappa shape index (κ3) is 956. The molecule has 0 aromatic rings. The molecule has 0 atom stereocenters. The molecule has 0 rings (SSSR count). The Morgan fingerprint density at radius 3 is 1.50 bits per heavy atom. The van der Waals surface area contributed by atoms with Crippen LogP contribution in [-0.4, -0.2) is 32.4 Å². The summed E-state index contributed by atoms with van der Waals surface area (Å²) in [5.74, 6) is 0. The van der Waals surface area contributed by atoms with Gasteiger partial charge in [0.15, 0.2) is 0 Å². The van der Waals surface area contributed by atoms with Crippen molar-refractivity contribution in [1.82, 2.24) is 0 Å². The molecule has 0 spiro atoms. The summed E-state index contributed by atoms with van der Waals surface area (Å²) in [6.07, 6.45) is 0. The first kappa shape index (κ1) is 11.3. The minimum atomic E-state index is -4.64. The predicted octanol–water partition coefficient (Wildman–Crippen LogP) is -0.630. The average Bonchev–Trinajstić information content (AvgIpc) is 1.27. The van der Waals surface area contributed by atoms with Gasteiger partial charge in [-0.1, -0.05) is 0 Å². The maximum atomic E-state index is 8.88. The van der Waals surface area contributed by atoms with Gasteiger partial charge in [0.2, 0.25) is 0 Å². The van der Waals surface area contributed by atoms with Crippen molar-refractivity contribution in [2.45, 2.75) is 0 Å². The van der Waals surface area contributed by atoms with E-state index < -0.39 is 7.82 Å². The van der Waals surface area contributed by atoms with Gasteiger partial charge in [0, 0.05) is 0 Å². The van der Waals surface area contributed by atoms with Gasteiger partial charge in [-0.2, -0.15) is 0 Å². The summed E-state index contributed by atoms with van der Waals surface area (Å²) < 4.78 is 10.6. The number of hydrogen-bond donors (Lipinski definition) is 3. The Labute approximate surface area is 56.7 Å². The van der Waals surface area contributed by atoms with Gasteiger partial charge in [0.25, 0.3) is 0 Å². The fraction of sp³-hybridized carbons (Fsp3) is 0. The summed E-state index contributed by atoms with van der Waals surface area (Å²) >= 11 is 1.89. The van der Waals surface area contributed by atoms with E-state index in [2.05, 4.69) is 6.58 Å². The summed E-state index contributed by atoms with van der Waals surface area (Å²) in [4.78, 5) is 21.6. The average molecular weight is 132 g/mol. The fourth-order valence-corrected chi connectivity index (χ4v) is 0. The summed E-state index contributed by atoms with van der Waals surface area (Å²) in [7, 11) is -4.64. The molecule has 0 aromatic heterocycles. The van der Waals surface area contributed by atoms with Crippen LogP contribution in [0.1, 0.15) is 0 Å². The van der Waals surface area contributed by atoms with Crippen molar-refractivity contribution < 1.29 is 19.2 Å². The molecule has 0 bridgehead atoms. The van der Waals surface area contributed by atoms with Crippen LogP contribution in [0.3, 0.4) is 0 Å². The molecular weight excluding hydrogens is 126 g/mol. The number of hydrogen-bond acceptors (Lipinski definition) is 1. The fourth-order valence-electron chi connectivity index (χ4n) is 0. The van der Waals surface area contributed by atoms with Gasteiger partial charge in [0.05, 0.1) is 0 Å². The Bertz CT molecular complexity index is 87.9. The molecule has 0 fully saturated rings. The molecule has 3 N–H and O–H groups in total. The monoisotopic (exact) mass is 132 g/mol. The SMILES string of the molecule is O=P(O)(O)O.[Li][CH]=C. The zero-order valence-electron chi connectivity index (χ0n) is 4.48. The van der Waals surface area contributed by atoms with Gasteiger partial charge in [-0.3, -0.25) is 0 Å². The molecular formula is C2H6LiO4P. The Morgan fingerprint density at radius 1 is 1.50 bits per heavy atom. The molecule has 0 heterocycles. The first-order chi connectivity index (χ1) is 3.41. The second-order valence-corrected chi connectivity index (χ2v) is 1.95. The third-order valence-corrected chi connectivity index (χ3v) is 0. The van der Waals surface area contributed by atoms with E-state index in [9.17, 15) is 0 Å². The van der Waals surface area contributed by atoms with Gasteiger partial charge >= 0.3 is 36.9 Å². The van der Waals surface area contributed by atoms with Crippen LogP contribution in [0, 0.1) is 0 Å². The van der Waals surface area contributed by atoms with Gasteiger partial charge in [-0.05, 0) is 0 Å². The van der Waals surface area contributed by atoms with E-state index in [0.717, 1.165) is 0 Å². The van der Waals surface area contributed by atoms with Crippen LogP contribution in [0.15, 0.2) is 11.3 Å². The molecule has 4 nitrogen and oxygen atoms in total. The van der Waals surface area contributed by atoms with Crippen molar-refractivity contribution in [2.75, 3.05) is 0 Å². The second-order valence-electron chi connectivity index (χ2n) is 0.922. The van der Waals surface area contributed by atoms with E-state index in [1.165, 1.54) is 0 Å². The standard InChI is InChI=1S/C2H3.Li.H3O4P/c1-2;;1-5(2,3)4/h1H,2H2;;(H3,1,2,3,4). The molecule has 0 saturated heterocycles. The molecule has 44 valence electrons. The predicted molar refractivity (Wildman–Crippen MR) is 30.2 cm³/mol. The van der Waals surface area contributed by atoms with Crippen molar-refractivity contribution >= 4 is 25.5 Å². The summed E-state index contributed by atoms with van der Waals surface area (Å²) in [6, 6.07) is 0. The molecule has 0 radical (unpaired) electrons. The number of phosphoric acid groups is 1. The molecule has 0 aliphatic carbocycles. The Balaban J connectivity index is 0. The zero-order chi connectivity index (χ0) is 7.21. The summed E-state index contributed by atoms with van der Waals surface area (Å²) in [5.41, 5.74) is 0. The van der Waals surface area contributed by atoms with Gasteiger partial charge in [0.1, 0.15) is 0 Å². The third-order valence-electron chi connectivity index (χ3n) is 0. The van der Waals surface area contributed by atoms with E-state index in [0.29, 0.717) is 0 Å².